The Balaban J connectivity index is 1.48. The summed E-state index contributed by atoms with van der Waals surface area (Å²) in [5.41, 5.74) is 1.47. The predicted molar refractivity (Wildman–Crippen MR) is 303 cm³/mol. The Morgan fingerprint density at radius 2 is 0.750 bits per heavy atom. The second-order valence-corrected chi connectivity index (χ2v) is 24.9. The predicted octanol–water partition coefficient (Wildman–Crippen LogP) is 22.5. The Morgan fingerprint density at radius 1 is 0.397 bits per heavy atom. The number of unbranched alkanes of at least 4 members (excludes halogenated alkanes) is 20. The molecular formula is C66H120O2. The zero-order valence-electron chi connectivity index (χ0n) is 47.4. The average Bonchev–Trinajstić information content (AvgIpc) is 3.68. The van der Waals surface area contributed by atoms with Gasteiger partial charge in [-0.3, -0.25) is 0 Å². The van der Waals surface area contributed by atoms with E-state index in [9.17, 15) is 0 Å². The van der Waals surface area contributed by atoms with E-state index in [1.807, 2.05) is 0 Å². The maximum atomic E-state index is 7.26. The van der Waals surface area contributed by atoms with Crippen molar-refractivity contribution in [2.45, 2.75) is 343 Å². The summed E-state index contributed by atoms with van der Waals surface area (Å²) in [4.78, 5) is 0. The quantitative estimate of drug-likeness (QED) is 0.0448. The van der Waals surface area contributed by atoms with Gasteiger partial charge in [-0.25, -0.2) is 0 Å². The molecule has 0 unspecified atom stereocenters. The zero-order valence-corrected chi connectivity index (χ0v) is 47.4. The summed E-state index contributed by atoms with van der Waals surface area (Å²) in [6, 6.07) is 0. The van der Waals surface area contributed by atoms with Gasteiger partial charge >= 0.3 is 0 Å². The summed E-state index contributed by atoms with van der Waals surface area (Å²) < 4.78 is 14.5. The summed E-state index contributed by atoms with van der Waals surface area (Å²) in [7, 11) is 0. The molecule has 0 aromatic rings. The minimum absolute atomic E-state index is 0.298. The molecule has 1 aliphatic heterocycles. The molecule has 0 bridgehead atoms. The first-order valence-corrected chi connectivity index (χ1v) is 31.0. The molecule has 1 heterocycles. The third kappa shape index (κ3) is 27.1. The van der Waals surface area contributed by atoms with E-state index >= 15 is 0 Å². The van der Waals surface area contributed by atoms with Crippen molar-refractivity contribution >= 4 is 0 Å². The van der Waals surface area contributed by atoms with Crippen LogP contribution in [0.2, 0.25) is 0 Å². The number of rotatable bonds is 42. The summed E-state index contributed by atoms with van der Waals surface area (Å²) in [6.07, 6.45) is 75.8. The molecule has 0 aromatic heterocycles. The lowest BCUT2D eigenvalue weighted by molar-refractivity contribution is -0.208. The second-order valence-electron chi connectivity index (χ2n) is 24.9. The Labute approximate surface area is 427 Å². The zero-order chi connectivity index (χ0) is 49.1. The van der Waals surface area contributed by atoms with E-state index in [4.69, 9.17) is 9.47 Å². The van der Waals surface area contributed by atoms with Gasteiger partial charge in [-0.1, -0.05) is 245 Å². The molecule has 2 heteroatoms. The number of fused-ring (bicyclic) bond motifs is 1. The van der Waals surface area contributed by atoms with Crippen molar-refractivity contribution in [2.24, 2.45) is 28.1 Å². The van der Waals surface area contributed by atoms with Gasteiger partial charge < -0.3 is 9.47 Å². The molecule has 68 heavy (non-hydrogen) atoms. The van der Waals surface area contributed by atoms with E-state index in [-0.39, 0.29) is 5.79 Å². The molecular weight excluding hydrogens is 825 g/mol. The first kappa shape index (κ1) is 61.2. The second kappa shape index (κ2) is 36.7. The van der Waals surface area contributed by atoms with Crippen LogP contribution in [0.3, 0.4) is 0 Å². The molecule has 1 spiro atoms. The fraction of sp³-hybridized carbons (Fsp3) is 0.879. The summed E-state index contributed by atoms with van der Waals surface area (Å²) in [6.45, 7) is 19.2. The summed E-state index contributed by atoms with van der Waals surface area (Å²) in [5.74, 6) is 1.33. The minimum Gasteiger partial charge on any atom is -0.344 e. The van der Waals surface area contributed by atoms with Crippen molar-refractivity contribution in [2.75, 3.05) is 0 Å². The van der Waals surface area contributed by atoms with Gasteiger partial charge in [0.25, 0.3) is 0 Å². The number of allylic oxidation sites excluding steroid dienone is 8. The Hall–Kier alpha value is -1.12. The van der Waals surface area contributed by atoms with Crippen LogP contribution in [0.1, 0.15) is 325 Å². The molecule has 3 rings (SSSR count). The van der Waals surface area contributed by atoms with Gasteiger partial charge in [-0.05, 0) is 144 Å². The molecule has 2 saturated carbocycles. The van der Waals surface area contributed by atoms with E-state index < -0.39 is 0 Å². The summed E-state index contributed by atoms with van der Waals surface area (Å²) >= 11 is 0. The molecule has 396 valence electrons. The third-order valence-corrected chi connectivity index (χ3v) is 18.0. The van der Waals surface area contributed by atoms with Crippen molar-refractivity contribution < 1.29 is 9.47 Å². The number of hydrogen-bond donors (Lipinski definition) is 0. The smallest absolute Gasteiger partial charge is 0.169 e. The molecule has 1 saturated heterocycles. The Morgan fingerprint density at radius 3 is 1.12 bits per heavy atom. The SMILES string of the molecule is CCCCC/C=C\C/C=C\CCCCCCCCC1(CCCCCCCC/C=C\C/C=C\CCCCC)CCC2(CC1)O[C@H]1C[C@@H](CCCCC(C)(C)CC)[C@@H](CCCCC(C)(C)CC)C[C@@H]1O2. The lowest BCUT2D eigenvalue weighted by Gasteiger charge is -2.44. The maximum Gasteiger partial charge on any atom is 0.169 e. The molecule has 2 nitrogen and oxygen atoms in total. The number of hydrogen-bond acceptors (Lipinski definition) is 2. The molecule has 0 aromatic carbocycles. The molecule has 0 N–H and O–H groups in total. The van der Waals surface area contributed by atoms with E-state index in [0.29, 0.717) is 28.5 Å². The highest BCUT2D eigenvalue weighted by Crippen LogP contribution is 2.55. The van der Waals surface area contributed by atoms with Crippen LogP contribution in [0.4, 0.5) is 0 Å². The van der Waals surface area contributed by atoms with Crippen LogP contribution in [-0.2, 0) is 9.47 Å². The fourth-order valence-electron chi connectivity index (χ4n) is 12.2. The van der Waals surface area contributed by atoms with Crippen molar-refractivity contribution in [1.82, 2.24) is 0 Å². The van der Waals surface area contributed by atoms with Gasteiger partial charge in [0.2, 0.25) is 0 Å². The van der Waals surface area contributed by atoms with Crippen LogP contribution < -0.4 is 0 Å². The lowest BCUT2D eigenvalue weighted by Crippen LogP contribution is -2.40. The maximum absolute atomic E-state index is 7.26. The van der Waals surface area contributed by atoms with Gasteiger partial charge in [-0.15, -0.1) is 0 Å². The molecule has 3 fully saturated rings. The van der Waals surface area contributed by atoms with Crippen LogP contribution in [0, 0.1) is 28.1 Å². The fourth-order valence-corrected chi connectivity index (χ4v) is 12.2. The normalized spacial score (nSPS) is 22.0. The van der Waals surface area contributed by atoms with Gasteiger partial charge in [0, 0.05) is 12.8 Å². The highest BCUT2D eigenvalue weighted by Gasteiger charge is 2.54. The van der Waals surface area contributed by atoms with Crippen LogP contribution in [-0.4, -0.2) is 18.0 Å². The van der Waals surface area contributed by atoms with E-state index in [2.05, 4.69) is 104 Å². The van der Waals surface area contributed by atoms with Gasteiger partial charge in [0.1, 0.15) is 0 Å². The van der Waals surface area contributed by atoms with Gasteiger partial charge in [0.15, 0.2) is 5.79 Å². The topological polar surface area (TPSA) is 18.5 Å². The van der Waals surface area contributed by atoms with Crippen LogP contribution in [0.15, 0.2) is 48.6 Å². The first-order valence-electron chi connectivity index (χ1n) is 31.0. The third-order valence-electron chi connectivity index (χ3n) is 18.0. The first-order chi connectivity index (χ1) is 33.0. The van der Waals surface area contributed by atoms with E-state index in [0.717, 1.165) is 37.5 Å². The molecule has 0 amide bonds. The Bertz CT molecular complexity index is 1210. The van der Waals surface area contributed by atoms with Crippen LogP contribution in [0.25, 0.3) is 0 Å². The van der Waals surface area contributed by atoms with Gasteiger partial charge in [-0.2, -0.15) is 0 Å². The van der Waals surface area contributed by atoms with Crippen molar-refractivity contribution in [3.05, 3.63) is 48.6 Å². The Kier molecular flexibility index (Phi) is 33.1. The standard InChI is InChI=1S/C66H120O2/c1-9-13-15-17-19-21-23-25-27-29-31-33-35-37-39-43-51-65(52-44-40-38-36-34-32-30-28-26-24-22-20-18-16-14-10-2)53-55-66(56-54-65)67-61-57-59(47-41-45-49-63(5,6)11-3)60(58-62(61)68-66)48-42-46-50-64(7,8)12-4/h19-22,25-28,59-62H,9-18,23-24,29-58H2,1-8H3/b21-19-,22-20-,27-25-,28-26-/t59-,60+,61-,62-/m0/s1. The largest absolute Gasteiger partial charge is 0.344 e. The van der Waals surface area contributed by atoms with Crippen LogP contribution in [0.5, 0.6) is 0 Å². The molecule has 4 atom stereocenters. The highest BCUT2D eigenvalue weighted by molar-refractivity contribution is 4.99. The van der Waals surface area contributed by atoms with Crippen molar-refractivity contribution in [3.8, 4) is 0 Å². The average molecular weight is 946 g/mol. The number of ether oxygens (including phenoxy) is 2. The minimum atomic E-state index is -0.298. The van der Waals surface area contributed by atoms with Crippen molar-refractivity contribution in [3.63, 3.8) is 0 Å². The van der Waals surface area contributed by atoms with Gasteiger partial charge in [0.05, 0.1) is 12.2 Å². The monoisotopic (exact) mass is 945 g/mol. The van der Waals surface area contributed by atoms with E-state index in [1.54, 1.807) is 0 Å². The lowest BCUT2D eigenvalue weighted by atomic mass is 9.66. The summed E-state index contributed by atoms with van der Waals surface area (Å²) in [5, 5.41) is 0. The van der Waals surface area contributed by atoms with Crippen molar-refractivity contribution in [1.29, 1.82) is 0 Å². The highest BCUT2D eigenvalue weighted by atomic mass is 16.8. The molecule has 2 aliphatic carbocycles. The molecule has 0 radical (unpaired) electrons. The van der Waals surface area contributed by atoms with Crippen LogP contribution >= 0.6 is 0 Å². The van der Waals surface area contributed by atoms with E-state index in [1.165, 1.54) is 244 Å². The molecule has 3 aliphatic rings.